The van der Waals surface area contributed by atoms with Crippen LogP contribution in [0.3, 0.4) is 0 Å². The Balaban J connectivity index is 2.56. The standard InChI is InChI=1S/C10H9N3O3/c1-11-10(14)8-9(13(15)16-12-8)7-5-3-2-4-6-7/h2-6H,1H3,(H,11,14). The topological polar surface area (TPSA) is 82.1 Å². The predicted octanol–water partition coefficient (Wildman–Crippen LogP) is 0.335. The molecular weight excluding hydrogens is 210 g/mol. The lowest BCUT2D eigenvalue weighted by Crippen LogP contribution is -2.27. The van der Waals surface area contributed by atoms with Gasteiger partial charge in [-0.2, -0.15) is 0 Å². The molecule has 0 atom stereocenters. The van der Waals surface area contributed by atoms with Gasteiger partial charge in [0.2, 0.25) is 5.69 Å². The van der Waals surface area contributed by atoms with Crippen LogP contribution in [0.2, 0.25) is 0 Å². The number of rotatable bonds is 2. The Morgan fingerprint density at radius 3 is 2.75 bits per heavy atom. The number of hydrogen-bond acceptors (Lipinski definition) is 4. The van der Waals surface area contributed by atoms with Gasteiger partial charge in [0.1, 0.15) is 0 Å². The van der Waals surface area contributed by atoms with Crippen LogP contribution in [0.5, 0.6) is 0 Å². The van der Waals surface area contributed by atoms with Gasteiger partial charge in [-0.3, -0.25) is 9.42 Å². The number of benzene rings is 1. The van der Waals surface area contributed by atoms with E-state index >= 15 is 0 Å². The number of carbonyl (C=O) groups is 1. The van der Waals surface area contributed by atoms with E-state index in [4.69, 9.17) is 0 Å². The van der Waals surface area contributed by atoms with Gasteiger partial charge in [0.25, 0.3) is 0 Å². The molecule has 0 aliphatic carbocycles. The normalized spacial score (nSPS) is 10.1. The van der Waals surface area contributed by atoms with Crippen LogP contribution in [-0.2, 0) is 0 Å². The molecule has 6 heteroatoms. The lowest BCUT2D eigenvalue weighted by molar-refractivity contribution is -0.793. The van der Waals surface area contributed by atoms with Gasteiger partial charge in [-0.15, -0.1) is 0 Å². The molecule has 2 aromatic rings. The van der Waals surface area contributed by atoms with E-state index < -0.39 is 5.91 Å². The third-order valence-corrected chi connectivity index (χ3v) is 2.10. The molecule has 0 bridgehead atoms. The van der Waals surface area contributed by atoms with E-state index in [0.29, 0.717) is 5.56 Å². The molecule has 1 aromatic carbocycles. The van der Waals surface area contributed by atoms with Crippen molar-refractivity contribution in [1.82, 2.24) is 10.5 Å². The fourth-order valence-corrected chi connectivity index (χ4v) is 1.35. The zero-order chi connectivity index (χ0) is 11.5. The number of amides is 1. The van der Waals surface area contributed by atoms with E-state index in [9.17, 15) is 10.0 Å². The highest BCUT2D eigenvalue weighted by Crippen LogP contribution is 2.17. The number of nitrogens with zero attached hydrogens (tertiary/aromatic N) is 2. The van der Waals surface area contributed by atoms with E-state index in [2.05, 4.69) is 15.1 Å². The monoisotopic (exact) mass is 219 g/mol. The zero-order valence-electron chi connectivity index (χ0n) is 8.51. The predicted molar refractivity (Wildman–Crippen MR) is 54.3 cm³/mol. The lowest BCUT2D eigenvalue weighted by atomic mass is 10.1. The van der Waals surface area contributed by atoms with Crippen molar-refractivity contribution in [2.24, 2.45) is 0 Å². The highest BCUT2D eigenvalue weighted by atomic mass is 16.8. The molecule has 0 spiro atoms. The Morgan fingerprint density at radius 2 is 2.12 bits per heavy atom. The minimum atomic E-state index is -0.461. The molecule has 0 aliphatic heterocycles. The first-order valence-electron chi connectivity index (χ1n) is 4.61. The number of hydrogen-bond donors (Lipinski definition) is 1. The summed E-state index contributed by atoms with van der Waals surface area (Å²) in [5, 5.41) is 17.2. The molecule has 16 heavy (non-hydrogen) atoms. The largest absolute Gasteiger partial charge is 0.359 e. The molecule has 0 saturated carbocycles. The van der Waals surface area contributed by atoms with E-state index in [1.807, 2.05) is 6.07 Å². The van der Waals surface area contributed by atoms with Crippen molar-refractivity contribution in [2.45, 2.75) is 0 Å². The second-order valence-corrected chi connectivity index (χ2v) is 3.07. The first kappa shape index (κ1) is 10.2. The third-order valence-electron chi connectivity index (χ3n) is 2.10. The highest BCUT2D eigenvalue weighted by Gasteiger charge is 2.26. The molecule has 1 N–H and O–H groups in total. The molecular formula is C10H9N3O3. The highest BCUT2D eigenvalue weighted by molar-refractivity contribution is 5.96. The van der Waals surface area contributed by atoms with Gasteiger partial charge < -0.3 is 10.5 Å². The van der Waals surface area contributed by atoms with Gasteiger partial charge in [-0.05, 0) is 4.90 Å². The zero-order valence-corrected chi connectivity index (χ0v) is 8.51. The Hall–Kier alpha value is -2.37. The first-order chi connectivity index (χ1) is 7.74. The molecule has 82 valence electrons. The Labute approximate surface area is 91.0 Å². The van der Waals surface area contributed by atoms with Crippen molar-refractivity contribution in [1.29, 1.82) is 0 Å². The molecule has 0 aliphatic rings. The maximum absolute atomic E-state index is 11.4. The second kappa shape index (κ2) is 4.01. The van der Waals surface area contributed by atoms with Gasteiger partial charge in [0, 0.05) is 12.6 Å². The van der Waals surface area contributed by atoms with E-state index in [-0.39, 0.29) is 16.3 Å². The van der Waals surface area contributed by atoms with Crippen molar-refractivity contribution in [3.05, 3.63) is 41.2 Å². The van der Waals surface area contributed by atoms with Crippen LogP contribution < -0.4 is 10.2 Å². The van der Waals surface area contributed by atoms with Crippen LogP contribution in [0.15, 0.2) is 35.0 Å². The van der Waals surface area contributed by atoms with Crippen molar-refractivity contribution in [3.8, 4) is 11.3 Å². The Bertz CT molecular complexity index is 507. The summed E-state index contributed by atoms with van der Waals surface area (Å²) < 4.78 is 4.42. The molecule has 0 unspecified atom stereocenters. The minimum absolute atomic E-state index is 0.0244. The van der Waals surface area contributed by atoms with Gasteiger partial charge in [-0.25, -0.2) is 0 Å². The summed E-state index contributed by atoms with van der Waals surface area (Å²) >= 11 is 0. The fourth-order valence-electron chi connectivity index (χ4n) is 1.35. The molecule has 1 aromatic heterocycles. The maximum Gasteiger partial charge on any atom is 0.313 e. The van der Waals surface area contributed by atoms with Gasteiger partial charge in [0.05, 0.1) is 5.16 Å². The summed E-state index contributed by atoms with van der Waals surface area (Å²) in [6, 6.07) is 8.73. The molecule has 1 heterocycles. The summed E-state index contributed by atoms with van der Waals surface area (Å²) in [5.74, 6) is -0.461. The van der Waals surface area contributed by atoms with Crippen molar-refractivity contribution >= 4 is 5.91 Å². The Morgan fingerprint density at radius 1 is 1.44 bits per heavy atom. The summed E-state index contributed by atoms with van der Waals surface area (Å²) in [6.45, 7) is 0. The quantitative estimate of drug-likeness (QED) is 0.738. The van der Waals surface area contributed by atoms with E-state index in [0.717, 1.165) is 0 Å². The number of nitrogens with one attached hydrogen (secondary N) is 1. The SMILES string of the molecule is CNC(=O)c1no[n+]([O-])c1-c1ccccc1. The molecule has 0 radical (unpaired) electrons. The third kappa shape index (κ3) is 1.60. The fraction of sp³-hybridized carbons (Fsp3) is 0.100. The van der Waals surface area contributed by atoms with Crippen molar-refractivity contribution in [3.63, 3.8) is 0 Å². The second-order valence-electron chi connectivity index (χ2n) is 3.07. The van der Waals surface area contributed by atoms with Crippen molar-refractivity contribution < 1.29 is 14.3 Å². The smallest absolute Gasteiger partial charge is 0.313 e. The average molecular weight is 219 g/mol. The van der Waals surface area contributed by atoms with Crippen LogP contribution >= 0.6 is 0 Å². The van der Waals surface area contributed by atoms with Crippen LogP contribution in [0.4, 0.5) is 0 Å². The van der Waals surface area contributed by atoms with Crippen LogP contribution in [-0.4, -0.2) is 18.1 Å². The minimum Gasteiger partial charge on any atom is -0.359 e. The summed E-state index contributed by atoms with van der Waals surface area (Å²) in [7, 11) is 1.46. The van der Waals surface area contributed by atoms with Gasteiger partial charge >= 0.3 is 11.6 Å². The van der Waals surface area contributed by atoms with Crippen LogP contribution in [0.25, 0.3) is 11.3 Å². The Kier molecular flexibility index (Phi) is 2.55. The summed E-state index contributed by atoms with van der Waals surface area (Å²) in [6.07, 6.45) is 0. The van der Waals surface area contributed by atoms with Crippen molar-refractivity contribution in [2.75, 3.05) is 7.05 Å². The van der Waals surface area contributed by atoms with Gasteiger partial charge in [0.15, 0.2) is 0 Å². The average Bonchev–Trinajstić information content (AvgIpc) is 2.71. The lowest BCUT2D eigenvalue weighted by Gasteiger charge is -1.97. The number of aromatic nitrogens is 2. The molecule has 2 rings (SSSR count). The summed E-state index contributed by atoms with van der Waals surface area (Å²) in [4.78, 5) is 11.7. The first-order valence-corrected chi connectivity index (χ1v) is 4.61. The maximum atomic E-state index is 11.4. The van der Waals surface area contributed by atoms with Crippen LogP contribution in [0.1, 0.15) is 10.5 Å². The van der Waals surface area contributed by atoms with E-state index in [1.54, 1.807) is 24.3 Å². The molecule has 1 amide bonds. The number of carbonyl (C=O) groups excluding carboxylic acids is 1. The molecule has 6 nitrogen and oxygen atoms in total. The van der Waals surface area contributed by atoms with Crippen LogP contribution in [0, 0.1) is 5.21 Å². The summed E-state index contributed by atoms with van der Waals surface area (Å²) in [5.41, 5.74) is 0.668. The van der Waals surface area contributed by atoms with E-state index in [1.165, 1.54) is 7.05 Å². The molecule has 0 fully saturated rings. The molecule has 0 saturated heterocycles. The van der Waals surface area contributed by atoms with Gasteiger partial charge in [-0.1, -0.05) is 30.3 Å².